The number of aryl methyl sites for hydroxylation is 1. The number of imidazole rings is 1. The fourth-order valence-electron chi connectivity index (χ4n) is 3.22. The highest BCUT2D eigenvalue weighted by Crippen LogP contribution is 2.23. The van der Waals surface area contributed by atoms with Crippen LogP contribution in [0.2, 0.25) is 5.02 Å². The number of hydrogen-bond donors (Lipinski definition) is 0. The van der Waals surface area contributed by atoms with Gasteiger partial charge >= 0.3 is 0 Å². The molecule has 0 N–H and O–H groups in total. The van der Waals surface area contributed by atoms with Gasteiger partial charge in [-0.2, -0.15) is 0 Å². The van der Waals surface area contributed by atoms with Gasteiger partial charge in [-0.05, 0) is 43.8 Å². The van der Waals surface area contributed by atoms with Gasteiger partial charge in [-0.25, -0.2) is 17.7 Å². The van der Waals surface area contributed by atoms with E-state index < -0.39 is 10.0 Å². The van der Waals surface area contributed by atoms with Crippen LogP contribution in [0.3, 0.4) is 0 Å². The van der Waals surface area contributed by atoms with E-state index in [2.05, 4.69) is 16.4 Å². The summed E-state index contributed by atoms with van der Waals surface area (Å²) in [5, 5.41) is 0.747. The number of nitrogens with zero attached hydrogens (tertiary/aromatic N) is 4. The van der Waals surface area contributed by atoms with Crippen molar-refractivity contribution in [3.63, 3.8) is 0 Å². The number of aromatic nitrogens is 2. The van der Waals surface area contributed by atoms with Crippen molar-refractivity contribution in [2.24, 2.45) is 0 Å². The molecule has 1 aromatic heterocycles. The molecule has 6 nitrogen and oxygen atoms in total. The predicted molar refractivity (Wildman–Crippen MR) is 113 cm³/mol. The first kappa shape index (κ1) is 20.8. The number of halogens is 1. The summed E-state index contributed by atoms with van der Waals surface area (Å²) in [6, 6.07) is 12.9. The Labute approximate surface area is 171 Å². The molecule has 2 aromatic carbocycles. The number of hydrogen-bond acceptors (Lipinski definition) is 4. The third-order valence-corrected chi connectivity index (χ3v) is 6.88. The molecule has 0 saturated heterocycles. The Hall–Kier alpha value is -1.93. The van der Waals surface area contributed by atoms with Gasteiger partial charge in [-0.3, -0.25) is 4.90 Å². The van der Waals surface area contributed by atoms with E-state index in [0.717, 1.165) is 28.5 Å². The lowest BCUT2D eigenvalue weighted by atomic mass is 10.2. The molecule has 0 amide bonds. The fourth-order valence-corrected chi connectivity index (χ4v) is 4.34. The molecule has 0 aliphatic carbocycles. The van der Waals surface area contributed by atoms with Crippen molar-refractivity contribution in [2.45, 2.75) is 31.5 Å². The van der Waals surface area contributed by atoms with Crippen molar-refractivity contribution in [3.8, 4) is 0 Å². The van der Waals surface area contributed by atoms with E-state index in [9.17, 15) is 8.42 Å². The van der Waals surface area contributed by atoms with Gasteiger partial charge in [0.05, 0.1) is 22.5 Å². The van der Waals surface area contributed by atoms with Crippen LogP contribution in [0.1, 0.15) is 18.3 Å². The summed E-state index contributed by atoms with van der Waals surface area (Å²) in [6.45, 7) is 4.14. The van der Waals surface area contributed by atoms with Gasteiger partial charge in [0, 0.05) is 32.2 Å². The van der Waals surface area contributed by atoms with Gasteiger partial charge in [0.2, 0.25) is 10.0 Å². The van der Waals surface area contributed by atoms with Crippen LogP contribution in [0, 0.1) is 0 Å². The molecule has 0 radical (unpaired) electrons. The van der Waals surface area contributed by atoms with Crippen molar-refractivity contribution in [1.29, 1.82) is 0 Å². The maximum atomic E-state index is 12.4. The normalized spacial score (nSPS) is 12.4. The second kappa shape index (κ2) is 8.21. The third-order valence-electron chi connectivity index (χ3n) is 4.70. The number of rotatable bonds is 7. The molecule has 8 heteroatoms. The van der Waals surface area contributed by atoms with Crippen molar-refractivity contribution in [2.75, 3.05) is 21.1 Å². The number of benzene rings is 2. The Kier molecular flexibility index (Phi) is 6.09. The molecule has 3 rings (SSSR count). The van der Waals surface area contributed by atoms with E-state index in [1.165, 1.54) is 18.4 Å². The molecular weight excluding hydrogens is 396 g/mol. The van der Waals surface area contributed by atoms with Crippen molar-refractivity contribution in [3.05, 3.63) is 58.9 Å². The van der Waals surface area contributed by atoms with E-state index in [1.807, 2.05) is 37.4 Å². The smallest absolute Gasteiger partial charge is 0.242 e. The van der Waals surface area contributed by atoms with Gasteiger partial charge in [0.25, 0.3) is 0 Å². The highest BCUT2D eigenvalue weighted by atomic mass is 35.5. The molecule has 0 bridgehead atoms. The maximum Gasteiger partial charge on any atom is 0.242 e. The lowest BCUT2D eigenvalue weighted by Gasteiger charge is -2.18. The van der Waals surface area contributed by atoms with Gasteiger partial charge in [0.1, 0.15) is 5.82 Å². The molecule has 0 aliphatic rings. The minimum atomic E-state index is -3.49. The molecule has 0 saturated carbocycles. The van der Waals surface area contributed by atoms with Crippen LogP contribution in [0.4, 0.5) is 0 Å². The zero-order chi connectivity index (χ0) is 20.5. The first-order valence-corrected chi connectivity index (χ1v) is 10.9. The average molecular weight is 421 g/mol. The second-order valence-corrected chi connectivity index (χ2v) is 9.53. The summed E-state index contributed by atoms with van der Waals surface area (Å²) in [7, 11) is 1.58. The fraction of sp³-hybridized carbons (Fsp3) is 0.350. The summed E-state index contributed by atoms with van der Waals surface area (Å²) >= 11 is 6.27. The quantitative estimate of drug-likeness (QED) is 0.586. The largest absolute Gasteiger partial charge is 0.327 e. The van der Waals surface area contributed by atoms with Gasteiger partial charge in [-0.15, -0.1) is 0 Å². The first-order valence-electron chi connectivity index (χ1n) is 9.07. The SMILES string of the molecule is CCn1c(CN(C)Cc2ccccc2Cl)nc2cc(S(=O)(=O)N(C)C)ccc21. The molecule has 150 valence electrons. The lowest BCUT2D eigenvalue weighted by Crippen LogP contribution is -2.22. The molecule has 0 unspecified atom stereocenters. The highest BCUT2D eigenvalue weighted by molar-refractivity contribution is 7.89. The van der Waals surface area contributed by atoms with Gasteiger partial charge in [-0.1, -0.05) is 29.8 Å². The van der Waals surface area contributed by atoms with Gasteiger partial charge in [0.15, 0.2) is 0 Å². The summed E-state index contributed by atoms with van der Waals surface area (Å²) in [4.78, 5) is 7.12. The number of fused-ring (bicyclic) bond motifs is 1. The summed E-state index contributed by atoms with van der Waals surface area (Å²) < 4.78 is 28.2. The van der Waals surface area contributed by atoms with Crippen molar-refractivity contribution in [1.82, 2.24) is 18.8 Å². The predicted octanol–water partition coefficient (Wildman–Crippen LogP) is 3.59. The summed E-state index contributed by atoms with van der Waals surface area (Å²) in [5.74, 6) is 0.895. The van der Waals surface area contributed by atoms with E-state index in [0.29, 0.717) is 18.6 Å². The third kappa shape index (κ3) is 4.07. The summed E-state index contributed by atoms with van der Waals surface area (Å²) in [6.07, 6.45) is 0. The minimum absolute atomic E-state index is 0.252. The second-order valence-electron chi connectivity index (χ2n) is 6.97. The van der Waals surface area contributed by atoms with E-state index in [1.54, 1.807) is 12.1 Å². The van der Waals surface area contributed by atoms with Crippen LogP contribution in [0.15, 0.2) is 47.4 Å². The van der Waals surface area contributed by atoms with Crippen LogP contribution in [-0.2, 0) is 29.7 Å². The standard InChI is InChI=1S/C20H25ClN4O2S/c1-5-25-19-11-10-16(28(26,27)23(2)3)12-18(19)22-20(25)14-24(4)13-15-8-6-7-9-17(15)21/h6-12H,5,13-14H2,1-4H3. The van der Waals surface area contributed by atoms with E-state index in [-0.39, 0.29) is 4.90 Å². The molecular formula is C20H25ClN4O2S. The summed E-state index contributed by atoms with van der Waals surface area (Å²) in [5.41, 5.74) is 2.68. The van der Waals surface area contributed by atoms with E-state index in [4.69, 9.17) is 16.6 Å². The van der Waals surface area contributed by atoms with Crippen molar-refractivity contribution >= 4 is 32.7 Å². The molecule has 0 spiro atoms. The zero-order valence-corrected chi connectivity index (χ0v) is 18.1. The van der Waals surface area contributed by atoms with Crippen LogP contribution in [-0.4, -0.2) is 48.3 Å². The lowest BCUT2D eigenvalue weighted by molar-refractivity contribution is 0.306. The average Bonchev–Trinajstić information content (AvgIpc) is 2.99. The molecule has 3 aromatic rings. The molecule has 0 aliphatic heterocycles. The van der Waals surface area contributed by atoms with Crippen LogP contribution >= 0.6 is 11.6 Å². The Balaban J connectivity index is 1.92. The molecule has 0 fully saturated rings. The Morgan fingerprint density at radius 2 is 1.79 bits per heavy atom. The maximum absolute atomic E-state index is 12.4. The van der Waals surface area contributed by atoms with Gasteiger partial charge < -0.3 is 4.57 Å². The van der Waals surface area contributed by atoms with Crippen LogP contribution in [0.25, 0.3) is 11.0 Å². The first-order chi connectivity index (χ1) is 13.2. The Bertz CT molecular complexity index is 1090. The zero-order valence-electron chi connectivity index (χ0n) is 16.6. The topological polar surface area (TPSA) is 58.4 Å². The van der Waals surface area contributed by atoms with Crippen LogP contribution in [0.5, 0.6) is 0 Å². The van der Waals surface area contributed by atoms with Crippen LogP contribution < -0.4 is 0 Å². The minimum Gasteiger partial charge on any atom is -0.327 e. The highest BCUT2D eigenvalue weighted by Gasteiger charge is 2.20. The van der Waals surface area contributed by atoms with E-state index >= 15 is 0 Å². The molecule has 1 heterocycles. The Morgan fingerprint density at radius 1 is 1.07 bits per heavy atom. The Morgan fingerprint density at radius 3 is 2.43 bits per heavy atom. The number of sulfonamides is 1. The molecule has 0 atom stereocenters. The molecule has 28 heavy (non-hydrogen) atoms. The van der Waals surface area contributed by atoms with Crippen molar-refractivity contribution < 1.29 is 8.42 Å². The monoisotopic (exact) mass is 420 g/mol.